The molecule has 0 saturated carbocycles. The van der Waals surface area contributed by atoms with Crippen molar-refractivity contribution in [2.24, 2.45) is 0 Å². The van der Waals surface area contributed by atoms with Crippen molar-refractivity contribution in [2.75, 3.05) is 30.4 Å². The summed E-state index contributed by atoms with van der Waals surface area (Å²) in [4.78, 5) is 22.9. The molecule has 9 nitrogen and oxygen atoms in total. The first-order valence-corrected chi connectivity index (χ1v) is 12.4. The van der Waals surface area contributed by atoms with E-state index in [9.17, 15) is 23.3 Å². The molecule has 0 fully saturated rings. The van der Waals surface area contributed by atoms with E-state index in [-0.39, 0.29) is 17.1 Å². The highest BCUT2D eigenvalue weighted by molar-refractivity contribution is 7.98. The number of hydrogen-bond acceptors (Lipinski definition) is 7. The Morgan fingerprint density at radius 3 is 2.32 bits per heavy atom. The van der Waals surface area contributed by atoms with Crippen LogP contribution in [0.25, 0.3) is 0 Å². The fourth-order valence-corrected chi connectivity index (χ4v) is 4.37. The second-order valence-corrected chi connectivity index (χ2v) is 9.49. The van der Waals surface area contributed by atoms with Gasteiger partial charge in [-0.2, -0.15) is 16.5 Å². The first-order chi connectivity index (χ1) is 14.7. The number of hydrogen-bond donors (Lipinski definition) is 3. The Labute approximate surface area is 186 Å². The van der Waals surface area contributed by atoms with Crippen molar-refractivity contribution in [2.45, 2.75) is 24.3 Å². The molecule has 2 rings (SSSR count). The van der Waals surface area contributed by atoms with E-state index in [0.29, 0.717) is 24.4 Å². The normalized spacial score (nSPS) is 12.2. The van der Waals surface area contributed by atoms with Crippen LogP contribution in [0.1, 0.15) is 12.0 Å². The molecule has 1 amide bonds. The van der Waals surface area contributed by atoms with E-state index in [0.717, 1.165) is 5.56 Å². The van der Waals surface area contributed by atoms with Crippen LogP contribution in [0.2, 0.25) is 0 Å². The van der Waals surface area contributed by atoms with Crippen LogP contribution in [0.3, 0.4) is 0 Å². The van der Waals surface area contributed by atoms with Crippen LogP contribution in [0.15, 0.2) is 53.4 Å². The van der Waals surface area contributed by atoms with Gasteiger partial charge >= 0.3 is 0 Å². The Kier molecular flexibility index (Phi) is 9.28. The Morgan fingerprint density at radius 2 is 1.74 bits per heavy atom. The molecule has 0 bridgehead atoms. The molecule has 3 N–H and O–H groups in total. The molecule has 0 aliphatic heterocycles. The number of nitrogens with zero attached hydrogens (tertiary/aromatic N) is 1. The highest BCUT2D eigenvalue weighted by atomic mass is 32.2. The summed E-state index contributed by atoms with van der Waals surface area (Å²) in [6, 6.07) is 11.5. The van der Waals surface area contributed by atoms with Gasteiger partial charge in [-0.3, -0.25) is 14.9 Å². The number of carbonyl (C=O) groups is 1. The number of nitrogens with one attached hydrogen (secondary N) is 3. The zero-order valence-electron chi connectivity index (χ0n) is 17.3. The summed E-state index contributed by atoms with van der Waals surface area (Å²) >= 11 is 1.52. The molecule has 0 saturated heterocycles. The molecule has 1 atom stereocenters. The van der Waals surface area contributed by atoms with Crippen molar-refractivity contribution >= 4 is 39.1 Å². The Hall–Kier alpha value is -2.63. The van der Waals surface area contributed by atoms with E-state index >= 15 is 0 Å². The standard InChI is InChI=1S/C20H26N4O5S2/c1-15-3-9-18(10-4-15)31(28,29)23-19(11-14-30-2)20(25)22-13-12-21-16-5-7-17(8-6-16)24(26)27/h3-10,19,21,23H,11-14H2,1-2H3,(H,22,25). The number of carbonyl (C=O) groups excluding carboxylic acids is 1. The van der Waals surface area contributed by atoms with Gasteiger partial charge in [0, 0.05) is 30.9 Å². The summed E-state index contributed by atoms with van der Waals surface area (Å²) in [6.07, 6.45) is 2.24. The van der Waals surface area contributed by atoms with Gasteiger partial charge < -0.3 is 10.6 Å². The van der Waals surface area contributed by atoms with Gasteiger partial charge in [-0.1, -0.05) is 17.7 Å². The average Bonchev–Trinajstić information content (AvgIpc) is 2.74. The molecule has 2 aromatic carbocycles. The van der Waals surface area contributed by atoms with Crippen LogP contribution in [-0.4, -0.2) is 50.4 Å². The molecule has 2 aromatic rings. The van der Waals surface area contributed by atoms with Gasteiger partial charge in [-0.25, -0.2) is 8.42 Å². The lowest BCUT2D eigenvalue weighted by Crippen LogP contribution is -2.47. The molecule has 0 aliphatic carbocycles. The van der Waals surface area contributed by atoms with E-state index in [1.54, 1.807) is 24.3 Å². The lowest BCUT2D eigenvalue weighted by atomic mass is 10.2. The topological polar surface area (TPSA) is 130 Å². The van der Waals surface area contributed by atoms with Crippen LogP contribution in [0, 0.1) is 17.0 Å². The first-order valence-electron chi connectivity index (χ1n) is 9.57. The van der Waals surface area contributed by atoms with Crippen LogP contribution in [0.4, 0.5) is 11.4 Å². The van der Waals surface area contributed by atoms with Crippen LogP contribution in [-0.2, 0) is 14.8 Å². The van der Waals surface area contributed by atoms with Gasteiger partial charge in [-0.05, 0) is 49.6 Å². The highest BCUT2D eigenvalue weighted by Crippen LogP contribution is 2.15. The van der Waals surface area contributed by atoms with Gasteiger partial charge in [0.2, 0.25) is 15.9 Å². The maximum Gasteiger partial charge on any atom is 0.269 e. The number of nitro groups is 1. The Balaban J connectivity index is 1.91. The van der Waals surface area contributed by atoms with Crippen molar-refractivity contribution in [3.8, 4) is 0 Å². The van der Waals surface area contributed by atoms with E-state index in [4.69, 9.17) is 0 Å². The zero-order chi connectivity index (χ0) is 22.9. The fraction of sp³-hybridized carbons (Fsp3) is 0.350. The molecule has 0 radical (unpaired) electrons. The summed E-state index contributed by atoms with van der Waals surface area (Å²) in [5, 5.41) is 16.5. The second-order valence-electron chi connectivity index (χ2n) is 6.79. The lowest BCUT2D eigenvalue weighted by molar-refractivity contribution is -0.384. The molecule has 31 heavy (non-hydrogen) atoms. The quantitative estimate of drug-likeness (QED) is 0.249. The number of non-ortho nitro benzene ring substituents is 1. The third-order valence-corrected chi connectivity index (χ3v) is 6.52. The van der Waals surface area contributed by atoms with Crippen molar-refractivity contribution in [1.29, 1.82) is 0 Å². The molecular formula is C20H26N4O5S2. The molecule has 0 aromatic heterocycles. The maximum absolute atomic E-state index is 12.7. The van der Waals surface area contributed by atoms with E-state index in [2.05, 4.69) is 15.4 Å². The lowest BCUT2D eigenvalue weighted by Gasteiger charge is -2.18. The average molecular weight is 467 g/mol. The summed E-state index contributed by atoms with van der Waals surface area (Å²) in [5.41, 5.74) is 1.62. The second kappa shape index (κ2) is 11.7. The monoisotopic (exact) mass is 466 g/mol. The van der Waals surface area contributed by atoms with Gasteiger partial charge in [0.15, 0.2) is 0 Å². The minimum absolute atomic E-state index is 0.00338. The minimum atomic E-state index is -3.83. The molecule has 0 spiro atoms. The van der Waals surface area contributed by atoms with Crippen LogP contribution < -0.4 is 15.4 Å². The van der Waals surface area contributed by atoms with E-state index in [1.165, 1.54) is 36.0 Å². The first kappa shape index (κ1) is 24.6. The Bertz CT molecular complexity index is 980. The van der Waals surface area contributed by atoms with Crippen molar-refractivity contribution in [3.63, 3.8) is 0 Å². The molecular weight excluding hydrogens is 440 g/mol. The molecule has 0 heterocycles. The number of thioether (sulfide) groups is 1. The number of rotatable bonds is 12. The molecule has 0 aliphatic rings. The zero-order valence-corrected chi connectivity index (χ0v) is 19.0. The van der Waals surface area contributed by atoms with Gasteiger partial charge in [0.25, 0.3) is 5.69 Å². The number of amides is 1. The van der Waals surface area contributed by atoms with Gasteiger partial charge in [0.1, 0.15) is 6.04 Å². The number of anilines is 1. The van der Waals surface area contributed by atoms with Crippen LogP contribution >= 0.6 is 11.8 Å². The number of sulfonamides is 1. The third kappa shape index (κ3) is 7.85. The Morgan fingerprint density at radius 1 is 1.10 bits per heavy atom. The maximum atomic E-state index is 12.7. The summed E-state index contributed by atoms with van der Waals surface area (Å²) in [7, 11) is -3.83. The van der Waals surface area contributed by atoms with E-state index in [1.807, 2.05) is 13.2 Å². The van der Waals surface area contributed by atoms with Crippen molar-refractivity contribution < 1.29 is 18.1 Å². The van der Waals surface area contributed by atoms with Crippen molar-refractivity contribution in [3.05, 3.63) is 64.2 Å². The smallest absolute Gasteiger partial charge is 0.269 e. The summed E-state index contributed by atoms with van der Waals surface area (Å²) in [6.45, 7) is 2.50. The predicted molar refractivity (Wildman–Crippen MR) is 123 cm³/mol. The molecule has 168 valence electrons. The predicted octanol–water partition coefficient (Wildman–Crippen LogP) is 2.53. The summed E-state index contributed by atoms with van der Waals surface area (Å²) < 4.78 is 27.8. The number of benzene rings is 2. The SMILES string of the molecule is CSCCC(NS(=O)(=O)c1ccc(C)cc1)C(=O)NCCNc1ccc([N+](=O)[O-])cc1. The van der Waals surface area contributed by atoms with Gasteiger partial charge in [-0.15, -0.1) is 0 Å². The largest absolute Gasteiger partial charge is 0.383 e. The fourth-order valence-electron chi connectivity index (χ4n) is 2.67. The number of nitro benzene ring substituents is 1. The van der Waals surface area contributed by atoms with Gasteiger partial charge in [0.05, 0.1) is 9.82 Å². The number of aryl methyl sites for hydroxylation is 1. The van der Waals surface area contributed by atoms with E-state index < -0.39 is 26.9 Å². The highest BCUT2D eigenvalue weighted by Gasteiger charge is 2.25. The summed E-state index contributed by atoms with van der Waals surface area (Å²) in [5.74, 6) is 0.213. The van der Waals surface area contributed by atoms with Crippen molar-refractivity contribution in [1.82, 2.24) is 10.0 Å². The third-order valence-electron chi connectivity index (χ3n) is 4.39. The molecule has 11 heteroatoms. The van der Waals surface area contributed by atoms with Crippen LogP contribution in [0.5, 0.6) is 0 Å². The molecule has 1 unspecified atom stereocenters. The minimum Gasteiger partial charge on any atom is -0.383 e.